The molecule has 2 aliphatic rings. The first-order valence-electron chi connectivity index (χ1n) is 8.11. The maximum absolute atomic E-state index is 12.2. The van der Waals surface area contributed by atoms with Crippen molar-refractivity contribution in [3.8, 4) is 0 Å². The zero-order valence-corrected chi connectivity index (χ0v) is 13.7. The zero-order valence-electron chi connectivity index (χ0n) is 12.8. The molecule has 0 spiro atoms. The molecular formula is C17H24N2O2S. The van der Waals surface area contributed by atoms with Gasteiger partial charge in [0.25, 0.3) is 0 Å². The lowest BCUT2D eigenvalue weighted by atomic mass is 10.1. The lowest BCUT2D eigenvalue weighted by molar-refractivity contribution is -0.119. The van der Waals surface area contributed by atoms with Crippen molar-refractivity contribution in [2.45, 2.75) is 30.3 Å². The van der Waals surface area contributed by atoms with E-state index in [0.717, 1.165) is 57.0 Å². The average molecular weight is 320 g/mol. The summed E-state index contributed by atoms with van der Waals surface area (Å²) in [4.78, 5) is 12.2. The van der Waals surface area contributed by atoms with Crippen LogP contribution in [0.2, 0.25) is 0 Å². The molecule has 0 saturated carbocycles. The van der Waals surface area contributed by atoms with Crippen molar-refractivity contribution in [3.05, 3.63) is 29.8 Å². The van der Waals surface area contributed by atoms with E-state index >= 15 is 0 Å². The maximum Gasteiger partial charge on any atom is 0.228 e. The van der Waals surface area contributed by atoms with Crippen LogP contribution in [0.5, 0.6) is 0 Å². The first kappa shape index (κ1) is 15.8. The van der Waals surface area contributed by atoms with E-state index in [1.54, 1.807) is 0 Å². The number of hydrogen-bond donors (Lipinski definition) is 2. The molecule has 22 heavy (non-hydrogen) atoms. The third-order valence-electron chi connectivity index (χ3n) is 4.28. The van der Waals surface area contributed by atoms with Crippen molar-refractivity contribution in [2.75, 3.05) is 31.6 Å². The molecule has 0 radical (unpaired) electrons. The molecule has 2 fully saturated rings. The third-order valence-corrected chi connectivity index (χ3v) is 5.72. The molecule has 1 aromatic carbocycles. The fraction of sp³-hybridized carbons (Fsp3) is 0.588. The van der Waals surface area contributed by atoms with Crippen LogP contribution >= 0.6 is 11.8 Å². The highest BCUT2D eigenvalue weighted by Crippen LogP contribution is 2.26. The second kappa shape index (κ2) is 7.99. The van der Waals surface area contributed by atoms with E-state index in [-0.39, 0.29) is 11.8 Å². The summed E-state index contributed by atoms with van der Waals surface area (Å²) in [6, 6.07) is 8.25. The van der Waals surface area contributed by atoms with E-state index in [4.69, 9.17) is 4.74 Å². The van der Waals surface area contributed by atoms with Gasteiger partial charge in [0.05, 0.1) is 5.92 Å². The lowest BCUT2D eigenvalue weighted by Crippen LogP contribution is -2.24. The Balaban J connectivity index is 1.51. The number of benzene rings is 1. The summed E-state index contributed by atoms with van der Waals surface area (Å²) in [7, 11) is 0. The number of carbonyl (C=O) groups excluding carboxylic acids is 1. The quantitative estimate of drug-likeness (QED) is 0.876. The van der Waals surface area contributed by atoms with Crippen molar-refractivity contribution in [3.63, 3.8) is 0 Å². The fourth-order valence-electron chi connectivity index (χ4n) is 2.92. The molecule has 2 saturated heterocycles. The first-order chi connectivity index (χ1) is 10.8. The highest BCUT2D eigenvalue weighted by atomic mass is 32.2. The van der Waals surface area contributed by atoms with Gasteiger partial charge in [-0.05, 0) is 43.5 Å². The Hall–Kier alpha value is -1.04. The second-order valence-corrected chi connectivity index (χ2v) is 7.29. The van der Waals surface area contributed by atoms with Crippen LogP contribution in [0, 0.1) is 5.92 Å². The third kappa shape index (κ3) is 4.48. The van der Waals surface area contributed by atoms with Crippen molar-refractivity contribution >= 4 is 23.4 Å². The van der Waals surface area contributed by atoms with Gasteiger partial charge in [0.2, 0.25) is 5.91 Å². The molecule has 0 aliphatic carbocycles. The monoisotopic (exact) mass is 320 g/mol. The highest BCUT2D eigenvalue weighted by molar-refractivity contribution is 7.99. The minimum atomic E-state index is 0.111. The molecule has 0 bridgehead atoms. The molecule has 0 aromatic heterocycles. The molecule has 4 nitrogen and oxygen atoms in total. The van der Waals surface area contributed by atoms with Gasteiger partial charge in [-0.25, -0.2) is 0 Å². The van der Waals surface area contributed by atoms with Gasteiger partial charge >= 0.3 is 0 Å². The van der Waals surface area contributed by atoms with Crippen LogP contribution in [0.3, 0.4) is 0 Å². The molecule has 3 rings (SSSR count). The van der Waals surface area contributed by atoms with Crippen LogP contribution in [-0.4, -0.2) is 37.5 Å². The van der Waals surface area contributed by atoms with Gasteiger partial charge in [0, 0.05) is 36.4 Å². The molecular weight excluding hydrogens is 296 g/mol. The zero-order chi connectivity index (χ0) is 15.2. The molecule has 2 N–H and O–H groups in total. The summed E-state index contributed by atoms with van der Waals surface area (Å²) < 4.78 is 5.40. The van der Waals surface area contributed by atoms with E-state index < -0.39 is 0 Å². The largest absolute Gasteiger partial charge is 0.381 e. The van der Waals surface area contributed by atoms with Crippen molar-refractivity contribution in [1.82, 2.24) is 5.32 Å². The standard InChI is InChI=1S/C17H24N2O2S/c20-17(14-4-7-18-11-14)19-15-3-1-2-13(10-15)12-22-16-5-8-21-9-6-16/h1-3,10,14,16,18H,4-9,11-12H2,(H,19,20). The number of anilines is 1. The Morgan fingerprint density at radius 1 is 1.32 bits per heavy atom. The Morgan fingerprint density at radius 3 is 2.95 bits per heavy atom. The van der Waals surface area contributed by atoms with Crippen LogP contribution in [0.25, 0.3) is 0 Å². The van der Waals surface area contributed by atoms with E-state index in [1.807, 2.05) is 23.9 Å². The van der Waals surface area contributed by atoms with Crippen molar-refractivity contribution in [1.29, 1.82) is 0 Å². The predicted molar refractivity (Wildman–Crippen MR) is 91.2 cm³/mol. The molecule has 120 valence electrons. The first-order valence-corrected chi connectivity index (χ1v) is 9.16. The molecule has 1 unspecified atom stereocenters. The summed E-state index contributed by atoms with van der Waals surface area (Å²) in [6.07, 6.45) is 3.23. The minimum absolute atomic E-state index is 0.111. The SMILES string of the molecule is O=C(Nc1cccc(CSC2CCOCC2)c1)C1CCNC1. The normalized spacial score (nSPS) is 22.6. The van der Waals surface area contributed by atoms with Gasteiger partial charge in [0.1, 0.15) is 0 Å². The second-order valence-electron chi connectivity index (χ2n) is 6.00. The Labute approximate surface area is 136 Å². The molecule has 2 aliphatic heterocycles. The van der Waals surface area contributed by atoms with Crippen molar-refractivity contribution < 1.29 is 9.53 Å². The molecule has 2 heterocycles. The summed E-state index contributed by atoms with van der Waals surface area (Å²) >= 11 is 2.00. The summed E-state index contributed by atoms with van der Waals surface area (Å²) in [5.41, 5.74) is 2.20. The van der Waals surface area contributed by atoms with Gasteiger partial charge < -0.3 is 15.4 Å². The predicted octanol–water partition coefficient (Wildman–Crippen LogP) is 2.65. The average Bonchev–Trinajstić information content (AvgIpc) is 3.09. The number of rotatable bonds is 5. The van der Waals surface area contributed by atoms with Gasteiger partial charge in [-0.1, -0.05) is 12.1 Å². The number of nitrogens with one attached hydrogen (secondary N) is 2. The molecule has 5 heteroatoms. The molecule has 1 amide bonds. The van der Waals surface area contributed by atoms with Crippen LogP contribution in [0.4, 0.5) is 5.69 Å². The van der Waals surface area contributed by atoms with Gasteiger partial charge in [-0.2, -0.15) is 11.8 Å². The van der Waals surface area contributed by atoms with E-state index in [2.05, 4.69) is 22.8 Å². The van der Waals surface area contributed by atoms with Crippen LogP contribution in [-0.2, 0) is 15.3 Å². The van der Waals surface area contributed by atoms with E-state index in [0.29, 0.717) is 5.25 Å². The van der Waals surface area contributed by atoms with Crippen molar-refractivity contribution in [2.24, 2.45) is 5.92 Å². The Bertz CT molecular complexity index is 497. The number of hydrogen-bond acceptors (Lipinski definition) is 4. The van der Waals surface area contributed by atoms with Crippen LogP contribution in [0.15, 0.2) is 24.3 Å². The number of carbonyl (C=O) groups is 1. The van der Waals surface area contributed by atoms with Crippen LogP contribution < -0.4 is 10.6 Å². The Morgan fingerprint density at radius 2 is 2.18 bits per heavy atom. The number of ether oxygens (including phenoxy) is 1. The maximum atomic E-state index is 12.2. The van der Waals surface area contributed by atoms with Gasteiger partial charge in [-0.15, -0.1) is 0 Å². The summed E-state index contributed by atoms with van der Waals surface area (Å²) in [5.74, 6) is 1.25. The minimum Gasteiger partial charge on any atom is -0.381 e. The summed E-state index contributed by atoms with van der Waals surface area (Å²) in [5, 5.41) is 6.99. The lowest BCUT2D eigenvalue weighted by Gasteiger charge is -2.21. The Kier molecular flexibility index (Phi) is 5.76. The van der Waals surface area contributed by atoms with Crippen LogP contribution in [0.1, 0.15) is 24.8 Å². The molecule has 1 aromatic rings. The van der Waals surface area contributed by atoms with E-state index in [9.17, 15) is 4.79 Å². The smallest absolute Gasteiger partial charge is 0.228 e. The van der Waals surface area contributed by atoms with Gasteiger partial charge in [-0.3, -0.25) is 4.79 Å². The highest BCUT2D eigenvalue weighted by Gasteiger charge is 2.22. The fourth-order valence-corrected chi connectivity index (χ4v) is 4.05. The topological polar surface area (TPSA) is 50.4 Å². The van der Waals surface area contributed by atoms with E-state index in [1.165, 1.54) is 5.56 Å². The molecule has 1 atom stereocenters. The van der Waals surface area contributed by atoms with Gasteiger partial charge in [0.15, 0.2) is 0 Å². The number of amides is 1. The summed E-state index contributed by atoms with van der Waals surface area (Å²) in [6.45, 7) is 3.53. The number of thioether (sulfide) groups is 1.